The third-order valence-electron chi connectivity index (χ3n) is 5.50. The average molecular weight is 362 g/mol. The molecule has 0 saturated carbocycles. The van der Waals surface area contributed by atoms with E-state index < -0.39 is 11.4 Å². The monoisotopic (exact) mass is 362 g/mol. The van der Waals surface area contributed by atoms with Crippen LogP contribution in [0.15, 0.2) is 54.7 Å². The van der Waals surface area contributed by atoms with Gasteiger partial charge in [0.15, 0.2) is 0 Å². The van der Waals surface area contributed by atoms with E-state index in [4.69, 9.17) is 0 Å². The lowest BCUT2D eigenvalue weighted by Gasteiger charge is -2.26. The zero-order chi connectivity index (χ0) is 18.9. The minimum Gasteiger partial charge on any atom is -0.481 e. The number of amides is 1. The molecule has 5 heteroatoms. The number of aliphatic carboxylic acids is 1. The van der Waals surface area contributed by atoms with Crippen LogP contribution in [0.2, 0.25) is 0 Å². The van der Waals surface area contributed by atoms with Crippen molar-refractivity contribution >= 4 is 22.8 Å². The molecule has 4 rings (SSSR count). The number of aromatic amines is 1. The van der Waals surface area contributed by atoms with Crippen LogP contribution in [0.1, 0.15) is 23.1 Å². The largest absolute Gasteiger partial charge is 0.481 e. The molecule has 3 N–H and O–H groups in total. The Morgan fingerprint density at radius 2 is 1.70 bits per heavy atom. The molecule has 1 aromatic heterocycles. The van der Waals surface area contributed by atoms with E-state index in [1.807, 2.05) is 48.7 Å². The molecule has 5 nitrogen and oxygen atoms in total. The van der Waals surface area contributed by atoms with Gasteiger partial charge in [-0.25, -0.2) is 0 Å². The topological polar surface area (TPSA) is 82.2 Å². The molecule has 0 aliphatic heterocycles. The van der Waals surface area contributed by atoms with E-state index in [0.717, 1.165) is 27.6 Å². The van der Waals surface area contributed by atoms with Gasteiger partial charge in [0.25, 0.3) is 0 Å². The minimum absolute atomic E-state index is 0.152. The third-order valence-corrected chi connectivity index (χ3v) is 5.50. The summed E-state index contributed by atoms with van der Waals surface area (Å²) < 4.78 is 0. The number of hydrogen-bond donors (Lipinski definition) is 3. The van der Waals surface area contributed by atoms with E-state index >= 15 is 0 Å². The summed E-state index contributed by atoms with van der Waals surface area (Å²) in [6.45, 7) is 0.485. The van der Waals surface area contributed by atoms with Gasteiger partial charge in [0.05, 0.1) is 11.8 Å². The van der Waals surface area contributed by atoms with Gasteiger partial charge < -0.3 is 15.4 Å². The van der Waals surface area contributed by atoms with E-state index in [2.05, 4.69) is 16.4 Å². The molecule has 1 aliphatic rings. The summed E-state index contributed by atoms with van der Waals surface area (Å²) in [6, 6.07) is 15.9. The number of carboxylic acids is 1. The molecule has 0 radical (unpaired) electrons. The van der Waals surface area contributed by atoms with E-state index in [9.17, 15) is 14.7 Å². The fourth-order valence-electron chi connectivity index (χ4n) is 4.19. The summed E-state index contributed by atoms with van der Waals surface area (Å²) in [7, 11) is 0. The Balaban J connectivity index is 1.46. The first kappa shape index (κ1) is 17.3. The number of aromatic nitrogens is 1. The van der Waals surface area contributed by atoms with Crippen LogP contribution in [0.4, 0.5) is 0 Å². The van der Waals surface area contributed by atoms with Crippen molar-refractivity contribution in [3.8, 4) is 0 Å². The number of carbonyl (C=O) groups excluding carboxylic acids is 1. The summed E-state index contributed by atoms with van der Waals surface area (Å²) in [6.07, 6.45) is 3.48. The maximum Gasteiger partial charge on any atom is 0.304 e. The van der Waals surface area contributed by atoms with Crippen molar-refractivity contribution < 1.29 is 14.7 Å². The van der Waals surface area contributed by atoms with Crippen molar-refractivity contribution in [3.63, 3.8) is 0 Å². The zero-order valence-electron chi connectivity index (χ0n) is 15.0. The molecule has 3 aromatic rings. The molecule has 2 aromatic carbocycles. The van der Waals surface area contributed by atoms with Crippen LogP contribution in [0.3, 0.4) is 0 Å². The average Bonchev–Trinajstić information content (AvgIpc) is 3.23. The van der Waals surface area contributed by atoms with Crippen LogP contribution in [0.5, 0.6) is 0 Å². The van der Waals surface area contributed by atoms with Gasteiger partial charge in [-0.2, -0.15) is 0 Å². The van der Waals surface area contributed by atoms with Gasteiger partial charge in [0, 0.05) is 23.6 Å². The Hall–Kier alpha value is -3.08. The van der Waals surface area contributed by atoms with E-state index in [1.165, 1.54) is 0 Å². The highest BCUT2D eigenvalue weighted by Crippen LogP contribution is 2.40. The number of carboxylic acid groups (broad SMARTS) is 1. The second-order valence-electron chi connectivity index (χ2n) is 7.34. The highest BCUT2D eigenvalue weighted by molar-refractivity contribution is 5.88. The molecule has 1 heterocycles. The van der Waals surface area contributed by atoms with Gasteiger partial charge in [0.2, 0.25) is 5.91 Å². The van der Waals surface area contributed by atoms with Gasteiger partial charge in [0.1, 0.15) is 0 Å². The summed E-state index contributed by atoms with van der Waals surface area (Å²) in [5.74, 6) is -1.10. The quantitative estimate of drug-likeness (QED) is 0.630. The van der Waals surface area contributed by atoms with Gasteiger partial charge in [-0.1, -0.05) is 42.5 Å². The van der Waals surface area contributed by atoms with Crippen molar-refractivity contribution in [1.82, 2.24) is 10.3 Å². The predicted molar refractivity (Wildman–Crippen MR) is 104 cm³/mol. The van der Waals surface area contributed by atoms with Gasteiger partial charge in [-0.05, 0) is 42.0 Å². The van der Waals surface area contributed by atoms with Crippen molar-refractivity contribution in [2.75, 3.05) is 6.54 Å². The van der Waals surface area contributed by atoms with Gasteiger partial charge in [-0.3, -0.25) is 9.59 Å². The fourth-order valence-corrected chi connectivity index (χ4v) is 4.19. The highest BCUT2D eigenvalue weighted by atomic mass is 16.4. The first-order valence-corrected chi connectivity index (χ1v) is 9.19. The Labute approximate surface area is 157 Å². The minimum atomic E-state index is -0.936. The van der Waals surface area contributed by atoms with Crippen LogP contribution >= 0.6 is 0 Å². The molecule has 0 bridgehead atoms. The predicted octanol–water partition coefficient (Wildman–Crippen LogP) is 3.09. The number of hydrogen-bond acceptors (Lipinski definition) is 2. The van der Waals surface area contributed by atoms with Crippen LogP contribution in [0.25, 0.3) is 10.9 Å². The Kier molecular flexibility index (Phi) is 4.44. The van der Waals surface area contributed by atoms with Gasteiger partial charge >= 0.3 is 5.97 Å². The maximum absolute atomic E-state index is 13.0. The second-order valence-corrected chi connectivity index (χ2v) is 7.34. The zero-order valence-corrected chi connectivity index (χ0v) is 15.0. The molecule has 0 saturated heterocycles. The van der Waals surface area contributed by atoms with Crippen molar-refractivity contribution in [2.45, 2.75) is 25.7 Å². The molecule has 1 amide bonds. The number of para-hydroxylation sites is 1. The van der Waals surface area contributed by atoms with Crippen LogP contribution in [-0.4, -0.2) is 28.5 Å². The number of benzene rings is 2. The Bertz CT molecular complexity index is 980. The molecule has 0 unspecified atom stereocenters. The van der Waals surface area contributed by atoms with Gasteiger partial charge in [-0.15, -0.1) is 0 Å². The van der Waals surface area contributed by atoms with E-state index in [-0.39, 0.29) is 12.3 Å². The smallest absolute Gasteiger partial charge is 0.304 e. The summed E-state index contributed by atoms with van der Waals surface area (Å²) in [5.41, 5.74) is 3.48. The third kappa shape index (κ3) is 3.33. The lowest BCUT2D eigenvalue weighted by atomic mass is 9.80. The Morgan fingerprint density at radius 3 is 2.41 bits per heavy atom. The molecule has 1 aliphatic carbocycles. The van der Waals surface area contributed by atoms with Crippen LogP contribution in [-0.2, 0) is 28.9 Å². The number of nitrogens with one attached hydrogen (secondary N) is 2. The summed E-state index contributed by atoms with van der Waals surface area (Å²) in [5, 5.41) is 13.5. The number of fused-ring (bicyclic) bond motifs is 2. The Morgan fingerprint density at radius 1 is 1.04 bits per heavy atom. The molecule has 138 valence electrons. The first-order valence-electron chi connectivity index (χ1n) is 9.19. The van der Waals surface area contributed by atoms with Crippen LogP contribution < -0.4 is 5.32 Å². The molecule has 0 fully saturated rings. The standard InChI is InChI=1S/C22H22N2O3/c25-20(26)13-22(11-15-5-1-2-6-16(15)12-22)21(27)23-10-9-17-14-24-19-8-4-3-7-18(17)19/h1-8,14,24H,9-13H2,(H,23,27)(H,25,26). The molecular weight excluding hydrogens is 340 g/mol. The highest BCUT2D eigenvalue weighted by Gasteiger charge is 2.45. The number of rotatable bonds is 6. The fraction of sp³-hybridized carbons (Fsp3) is 0.273. The molecule has 0 atom stereocenters. The van der Waals surface area contributed by atoms with E-state index in [0.29, 0.717) is 25.8 Å². The molecular formula is C22H22N2O3. The molecule has 0 spiro atoms. The lowest BCUT2D eigenvalue weighted by Crippen LogP contribution is -2.44. The second kappa shape index (κ2) is 6.91. The van der Waals surface area contributed by atoms with E-state index in [1.54, 1.807) is 0 Å². The van der Waals surface area contributed by atoms with Crippen molar-refractivity contribution in [1.29, 1.82) is 0 Å². The summed E-state index contributed by atoms with van der Waals surface area (Å²) in [4.78, 5) is 27.7. The number of carbonyl (C=O) groups is 2. The number of H-pyrrole nitrogens is 1. The first-order chi connectivity index (χ1) is 13.1. The molecule has 27 heavy (non-hydrogen) atoms. The van der Waals surface area contributed by atoms with Crippen molar-refractivity contribution in [3.05, 3.63) is 71.4 Å². The summed E-state index contributed by atoms with van der Waals surface area (Å²) >= 11 is 0. The van der Waals surface area contributed by atoms with Crippen molar-refractivity contribution in [2.24, 2.45) is 5.41 Å². The lowest BCUT2D eigenvalue weighted by molar-refractivity contribution is -0.145. The van der Waals surface area contributed by atoms with Crippen LogP contribution in [0, 0.1) is 5.41 Å². The SMILES string of the molecule is O=C(O)CC1(C(=O)NCCc2c[nH]c3ccccc23)Cc2ccccc2C1. The normalized spacial score (nSPS) is 14.8. The maximum atomic E-state index is 13.0.